The molecule has 2 fully saturated rings. The standard InChI is InChI=1S/C17H34N2O2/c1-15(2)18-13-17(7-11-21-12-8-17)14-19-9-4-5-16(3,20)6-10-19/h15,18,20H,4-14H2,1-3H3. The van der Waals surface area contributed by atoms with Crippen LogP contribution in [0.5, 0.6) is 0 Å². The predicted octanol–water partition coefficient (Wildman–Crippen LogP) is 2.02. The summed E-state index contributed by atoms with van der Waals surface area (Å²) in [6.07, 6.45) is 5.25. The van der Waals surface area contributed by atoms with Gasteiger partial charge in [-0.3, -0.25) is 0 Å². The van der Waals surface area contributed by atoms with Crippen molar-refractivity contribution in [2.24, 2.45) is 5.41 Å². The Bertz CT molecular complexity index is 312. The van der Waals surface area contributed by atoms with Gasteiger partial charge >= 0.3 is 0 Å². The molecule has 2 aliphatic rings. The smallest absolute Gasteiger partial charge is 0.0632 e. The van der Waals surface area contributed by atoms with Gasteiger partial charge in [0.25, 0.3) is 0 Å². The lowest BCUT2D eigenvalue weighted by atomic mass is 9.79. The molecule has 2 rings (SSSR count). The van der Waals surface area contributed by atoms with Crippen LogP contribution < -0.4 is 5.32 Å². The van der Waals surface area contributed by atoms with Gasteiger partial charge in [0, 0.05) is 38.9 Å². The van der Waals surface area contributed by atoms with Gasteiger partial charge < -0.3 is 20.1 Å². The molecule has 0 aromatic carbocycles. The average Bonchev–Trinajstić information content (AvgIpc) is 2.59. The first-order chi connectivity index (χ1) is 9.91. The molecule has 1 unspecified atom stereocenters. The molecule has 0 spiro atoms. The third-order valence-electron chi connectivity index (χ3n) is 5.15. The first-order valence-electron chi connectivity index (χ1n) is 8.67. The Balaban J connectivity index is 1.94. The highest BCUT2D eigenvalue weighted by atomic mass is 16.5. The molecule has 21 heavy (non-hydrogen) atoms. The first-order valence-corrected chi connectivity index (χ1v) is 8.67. The maximum Gasteiger partial charge on any atom is 0.0632 e. The average molecular weight is 298 g/mol. The Labute approximate surface area is 130 Å². The van der Waals surface area contributed by atoms with Crippen LogP contribution in [-0.2, 0) is 4.74 Å². The maximum atomic E-state index is 10.3. The van der Waals surface area contributed by atoms with Crippen LogP contribution in [0.15, 0.2) is 0 Å². The van der Waals surface area contributed by atoms with E-state index in [2.05, 4.69) is 24.1 Å². The van der Waals surface area contributed by atoms with Crippen molar-refractivity contribution in [2.45, 2.75) is 64.5 Å². The van der Waals surface area contributed by atoms with Crippen molar-refractivity contribution in [1.29, 1.82) is 0 Å². The zero-order chi connectivity index (χ0) is 15.3. The minimum Gasteiger partial charge on any atom is -0.390 e. The number of nitrogens with zero attached hydrogens (tertiary/aromatic N) is 1. The van der Waals surface area contributed by atoms with Gasteiger partial charge in [-0.1, -0.05) is 13.8 Å². The molecule has 2 N–H and O–H groups in total. The van der Waals surface area contributed by atoms with Gasteiger partial charge in [0.2, 0.25) is 0 Å². The summed E-state index contributed by atoms with van der Waals surface area (Å²) in [5, 5.41) is 13.9. The van der Waals surface area contributed by atoms with Gasteiger partial charge in [0.1, 0.15) is 0 Å². The number of nitrogens with one attached hydrogen (secondary N) is 1. The fourth-order valence-corrected chi connectivity index (χ4v) is 3.57. The van der Waals surface area contributed by atoms with Crippen molar-refractivity contribution in [3.05, 3.63) is 0 Å². The van der Waals surface area contributed by atoms with Crippen LogP contribution in [0.4, 0.5) is 0 Å². The molecule has 0 aromatic rings. The van der Waals surface area contributed by atoms with E-state index in [-0.39, 0.29) is 0 Å². The lowest BCUT2D eigenvalue weighted by Crippen LogP contribution is -2.49. The van der Waals surface area contributed by atoms with Crippen LogP contribution in [0, 0.1) is 5.41 Å². The number of hydrogen-bond acceptors (Lipinski definition) is 4. The van der Waals surface area contributed by atoms with Gasteiger partial charge in [0.05, 0.1) is 5.60 Å². The fraction of sp³-hybridized carbons (Fsp3) is 1.00. The molecule has 0 bridgehead atoms. The third kappa shape index (κ3) is 5.51. The Morgan fingerprint density at radius 1 is 1.14 bits per heavy atom. The third-order valence-corrected chi connectivity index (χ3v) is 5.15. The molecule has 4 nitrogen and oxygen atoms in total. The first kappa shape index (κ1) is 17.2. The number of hydrogen-bond donors (Lipinski definition) is 2. The molecule has 0 saturated carbocycles. The molecule has 1 atom stereocenters. The predicted molar refractivity (Wildman–Crippen MR) is 86.5 cm³/mol. The van der Waals surface area contributed by atoms with Crippen molar-refractivity contribution >= 4 is 0 Å². The molecular formula is C17H34N2O2. The largest absolute Gasteiger partial charge is 0.390 e. The van der Waals surface area contributed by atoms with Crippen LogP contribution >= 0.6 is 0 Å². The molecular weight excluding hydrogens is 264 g/mol. The second-order valence-corrected chi connectivity index (χ2v) is 7.77. The monoisotopic (exact) mass is 298 g/mol. The van der Waals surface area contributed by atoms with Gasteiger partial charge in [-0.15, -0.1) is 0 Å². The van der Waals surface area contributed by atoms with E-state index in [1.807, 2.05) is 6.92 Å². The maximum absolute atomic E-state index is 10.3. The highest BCUT2D eigenvalue weighted by molar-refractivity contribution is 4.89. The summed E-state index contributed by atoms with van der Waals surface area (Å²) in [6.45, 7) is 12.6. The molecule has 4 heteroatoms. The summed E-state index contributed by atoms with van der Waals surface area (Å²) in [4.78, 5) is 2.58. The van der Waals surface area contributed by atoms with Crippen LogP contribution in [0.3, 0.4) is 0 Å². The van der Waals surface area contributed by atoms with Crippen molar-refractivity contribution in [1.82, 2.24) is 10.2 Å². The Morgan fingerprint density at radius 3 is 2.52 bits per heavy atom. The van der Waals surface area contributed by atoms with E-state index in [9.17, 15) is 5.11 Å². The highest BCUT2D eigenvalue weighted by Crippen LogP contribution is 2.32. The lowest BCUT2D eigenvalue weighted by molar-refractivity contribution is -0.00692. The minimum absolute atomic E-state index is 0.346. The van der Waals surface area contributed by atoms with Gasteiger partial charge in [-0.05, 0) is 51.0 Å². The van der Waals surface area contributed by atoms with Gasteiger partial charge in [-0.25, -0.2) is 0 Å². The van der Waals surface area contributed by atoms with Crippen LogP contribution in [0.2, 0.25) is 0 Å². The molecule has 124 valence electrons. The van der Waals surface area contributed by atoms with Crippen LogP contribution in [0.1, 0.15) is 52.9 Å². The molecule has 0 aliphatic carbocycles. The molecule has 0 aromatic heterocycles. The van der Waals surface area contributed by atoms with E-state index in [4.69, 9.17) is 4.74 Å². The van der Waals surface area contributed by atoms with E-state index in [1.54, 1.807) is 0 Å². The lowest BCUT2D eigenvalue weighted by Gasteiger charge is -2.41. The minimum atomic E-state index is -0.465. The number of aliphatic hydroxyl groups is 1. The number of likely N-dealkylation sites (tertiary alicyclic amines) is 1. The molecule has 2 saturated heterocycles. The SMILES string of the molecule is CC(C)NCC1(CN2CCCC(C)(O)CC2)CCOCC1. The number of ether oxygens (including phenoxy) is 1. The zero-order valence-corrected chi connectivity index (χ0v) is 14.2. The summed E-state index contributed by atoms with van der Waals surface area (Å²) in [5.74, 6) is 0. The van der Waals surface area contributed by atoms with Crippen LogP contribution in [-0.4, -0.2) is 61.0 Å². The Kier molecular flexibility index (Phi) is 6.06. The molecule has 0 radical (unpaired) electrons. The quantitative estimate of drug-likeness (QED) is 0.815. The topological polar surface area (TPSA) is 44.7 Å². The summed E-state index contributed by atoms with van der Waals surface area (Å²) < 4.78 is 5.59. The zero-order valence-electron chi connectivity index (χ0n) is 14.2. The molecule has 2 heterocycles. The van der Waals surface area contributed by atoms with Gasteiger partial charge in [-0.2, -0.15) is 0 Å². The highest BCUT2D eigenvalue weighted by Gasteiger charge is 2.35. The Morgan fingerprint density at radius 2 is 1.86 bits per heavy atom. The van der Waals surface area contributed by atoms with E-state index in [0.29, 0.717) is 11.5 Å². The second-order valence-electron chi connectivity index (χ2n) is 7.77. The van der Waals surface area contributed by atoms with E-state index in [1.165, 1.54) is 0 Å². The normalized spacial score (nSPS) is 31.3. The molecule has 0 amide bonds. The van der Waals surface area contributed by atoms with Crippen LogP contribution in [0.25, 0.3) is 0 Å². The second kappa shape index (κ2) is 7.40. The summed E-state index contributed by atoms with van der Waals surface area (Å²) in [7, 11) is 0. The van der Waals surface area contributed by atoms with E-state index >= 15 is 0 Å². The molecule has 2 aliphatic heterocycles. The number of rotatable bonds is 5. The van der Waals surface area contributed by atoms with Crippen molar-refractivity contribution in [2.75, 3.05) is 39.4 Å². The Hall–Kier alpha value is -0.160. The van der Waals surface area contributed by atoms with Gasteiger partial charge in [0.15, 0.2) is 0 Å². The fourth-order valence-electron chi connectivity index (χ4n) is 3.57. The van der Waals surface area contributed by atoms with Crippen molar-refractivity contribution in [3.8, 4) is 0 Å². The summed E-state index contributed by atoms with van der Waals surface area (Å²) in [5.41, 5.74) is -0.119. The summed E-state index contributed by atoms with van der Waals surface area (Å²) >= 11 is 0. The van der Waals surface area contributed by atoms with E-state index < -0.39 is 5.60 Å². The van der Waals surface area contributed by atoms with Crippen molar-refractivity contribution in [3.63, 3.8) is 0 Å². The summed E-state index contributed by atoms with van der Waals surface area (Å²) in [6, 6.07) is 0.537. The van der Waals surface area contributed by atoms with Crippen molar-refractivity contribution < 1.29 is 9.84 Å². The van der Waals surface area contributed by atoms with E-state index in [0.717, 1.165) is 71.5 Å².